The molecule has 0 aliphatic heterocycles. The number of nitrogens with one attached hydrogen (secondary N) is 1. The van der Waals surface area contributed by atoms with Crippen LogP contribution in [-0.4, -0.2) is 4.98 Å². The van der Waals surface area contributed by atoms with Gasteiger partial charge in [0.15, 0.2) is 0 Å². The van der Waals surface area contributed by atoms with E-state index in [4.69, 9.17) is 17.3 Å². The van der Waals surface area contributed by atoms with Crippen molar-refractivity contribution in [2.24, 2.45) is 0 Å². The molecule has 0 radical (unpaired) electrons. The first-order valence-electron chi connectivity index (χ1n) is 4.41. The highest BCUT2D eigenvalue weighted by Gasteiger charge is 2.00. The summed E-state index contributed by atoms with van der Waals surface area (Å²) in [7, 11) is 0. The highest BCUT2D eigenvalue weighted by atomic mass is 35.5. The molecule has 1 aromatic carbocycles. The van der Waals surface area contributed by atoms with Crippen molar-refractivity contribution in [1.29, 1.82) is 0 Å². The lowest BCUT2D eigenvalue weighted by atomic mass is 10.1. The Morgan fingerprint density at radius 3 is 2.47 bits per heavy atom. The topological polar surface area (TPSA) is 58.9 Å². The standard InChI is InChI=1S/C11H9ClN2O/c12-9-5-7(1-3-10(9)13)8-2-4-11(15)14-6-8/h1-6H,13H2,(H,14,15). The van der Waals surface area contributed by atoms with E-state index in [-0.39, 0.29) is 5.56 Å². The minimum atomic E-state index is -0.125. The molecule has 0 saturated carbocycles. The molecular weight excluding hydrogens is 212 g/mol. The van der Waals surface area contributed by atoms with Gasteiger partial charge in [0.1, 0.15) is 0 Å². The van der Waals surface area contributed by atoms with Gasteiger partial charge in [-0.15, -0.1) is 0 Å². The lowest BCUT2D eigenvalue weighted by Gasteiger charge is -2.03. The van der Waals surface area contributed by atoms with Gasteiger partial charge in [-0.3, -0.25) is 4.79 Å². The Hall–Kier alpha value is -1.74. The predicted octanol–water partition coefficient (Wildman–Crippen LogP) is 2.28. The number of H-pyrrole nitrogens is 1. The number of anilines is 1. The van der Waals surface area contributed by atoms with E-state index in [9.17, 15) is 4.79 Å². The number of hydrogen-bond donors (Lipinski definition) is 2. The third-order valence-corrected chi connectivity index (χ3v) is 2.45. The van der Waals surface area contributed by atoms with Crippen LogP contribution in [0.5, 0.6) is 0 Å². The molecule has 3 nitrogen and oxygen atoms in total. The largest absolute Gasteiger partial charge is 0.398 e. The molecule has 76 valence electrons. The first kappa shape index (κ1) is 9.80. The van der Waals surface area contributed by atoms with Crippen LogP contribution < -0.4 is 11.3 Å². The fraction of sp³-hybridized carbons (Fsp3) is 0. The van der Waals surface area contributed by atoms with Crippen molar-refractivity contribution in [3.8, 4) is 11.1 Å². The third kappa shape index (κ3) is 2.02. The van der Waals surface area contributed by atoms with Gasteiger partial charge in [-0.05, 0) is 29.3 Å². The molecule has 0 atom stereocenters. The van der Waals surface area contributed by atoms with E-state index >= 15 is 0 Å². The second-order valence-electron chi connectivity index (χ2n) is 3.18. The van der Waals surface area contributed by atoms with Crippen molar-refractivity contribution in [1.82, 2.24) is 4.98 Å². The van der Waals surface area contributed by atoms with Crippen molar-refractivity contribution < 1.29 is 0 Å². The molecule has 4 heteroatoms. The first-order chi connectivity index (χ1) is 7.16. The average Bonchev–Trinajstić information content (AvgIpc) is 2.23. The van der Waals surface area contributed by atoms with Crippen LogP contribution >= 0.6 is 11.6 Å². The Morgan fingerprint density at radius 2 is 1.87 bits per heavy atom. The van der Waals surface area contributed by atoms with Crippen LogP contribution in [0.3, 0.4) is 0 Å². The molecule has 15 heavy (non-hydrogen) atoms. The number of nitrogens with two attached hydrogens (primary N) is 1. The number of rotatable bonds is 1. The van der Waals surface area contributed by atoms with Crippen molar-refractivity contribution in [2.45, 2.75) is 0 Å². The van der Waals surface area contributed by atoms with Gasteiger partial charge in [0.2, 0.25) is 5.56 Å². The van der Waals surface area contributed by atoms with E-state index in [0.717, 1.165) is 11.1 Å². The van der Waals surface area contributed by atoms with E-state index in [0.29, 0.717) is 10.7 Å². The number of aromatic nitrogens is 1. The van der Waals surface area contributed by atoms with E-state index in [1.165, 1.54) is 6.07 Å². The Kier molecular flexibility index (Phi) is 2.47. The summed E-state index contributed by atoms with van der Waals surface area (Å²) in [6.07, 6.45) is 1.64. The summed E-state index contributed by atoms with van der Waals surface area (Å²) in [5.41, 5.74) is 7.84. The molecular formula is C11H9ClN2O. The normalized spacial score (nSPS) is 10.2. The van der Waals surface area contributed by atoms with Crippen LogP contribution in [0.25, 0.3) is 11.1 Å². The summed E-state index contributed by atoms with van der Waals surface area (Å²) in [4.78, 5) is 13.5. The van der Waals surface area contributed by atoms with Crippen LogP contribution in [0, 0.1) is 0 Å². The summed E-state index contributed by atoms with van der Waals surface area (Å²) >= 11 is 5.90. The molecule has 0 fully saturated rings. The predicted molar refractivity (Wildman–Crippen MR) is 61.9 cm³/mol. The zero-order valence-corrected chi connectivity index (χ0v) is 8.58. The summed E-state index contributed by atoms with van der Waals surface area (Å²) in [5, 5.41) is 0.513. The minimum Gasteiger partial charge on any atom is -0.398 e. The Bertz CT molecular complexity index is 528. The zero-order chi connectivity index (χ0) is 10.8. The number of aromatic amines is 1. The Balaban J connectivity index is 2.50. The van der Waals surface area contributed by atoms with Gasteiger partial charge in [0, 0.05) is 12.3 Å². The summed E-state index contributed by atoms with van der Waals surface area (Å²) < 4.78 is 0. The lowest BCUT2D eigenvalue weighted by Crippen LogP contribution is -2.01. The maximum Gasteiger partial charge on any atom is 0.247 e. The minimum absolute atomic E-state index is 0.125. The molecule has 0 aliphatic rings. The fourth-order valence-electron chi connectivity index (χ4n) is 1.30. The first-order valence-corrected chi connectivity index (χ1v) is 4.79. The number of hydrogen-bond acceptors (Lipinski definition) is 2. The van der Waals surface area contributed by atoms with Gasteiger partial charge in [0.25, 0.3) is 0 Å². The SMILES string of the molecule is Nc1ccc(-c2ccc(=O)[nH]c2)cc1Cl. The fourth-order valence-corrected chi connectivity index (χ4v) is 1.48. The van der Waals surface area contributed by atoms with Gasteiger partial charge in [-0.1, -0.05) is 17.7 Å². The highest BCUT2D eigenvalue weighted by Crippen LogP contribution is 2.25. The quantitative estimate of drug-likeness (QED) is 0.725. The van der Waals surface area contributed by atoms with E-state index in [1.54, 1.807) is 24.4 Å². The summed E-state index contributed by atoms with van der Waals surface area (Å²) in [6, 6.07) is 8.57. The van der Waals surface area contributed by atoms with Crippen LogP contribution in [0.2, 0.25) is 5.02 Å². The number of pyridine rings is 1. The van der Waals surface area contributed by atoms with Crippen LogP contribution in [0.1, 0.15) is 0 Å². The zero-order valence-electron chi connectivity index (χ0n) is 7.83. The van der Waals surface area contributed by atoms with Crippen LogP contribution in [0.15, 0.2) is 41.3 Å². The highest BCUT2D eigenvalue weighted by molar-refractivity contribution is 6.33. The Labute approximate surface area is 91.5 Å². The summed E-state index contributed by atoms with van der Waals surface area (Å²) in [5.74, 6) is 0. The second-order valence-corrected chi connectivity index (χ2v) is 3.59. The average molecular weight is 221 g/mol. The molecule has 0 amide bonds. The molecule has 0 saturated heterocycles. The Morgan fingerprint density at radius 1 is 1.13 bits per heavy atom. The molecule has 3 N–H and O–H groups in total. The molecule has 0 aliphatic carbocycles. The van der Waals surface area contributed by atoms with Crippen molar-refractivity contribution in [2.75, 3.05) is 5.73 Å². The van der Waals surface area contributed by atoms with E-state index in [1.807, 2.05) is 6.07 Å². The molecule has 1 aromatic heterocycles. The van der Waals surface area contributed by atoms with Crippen LogP contribution in [0.4, 0.5) is 5.69 Å². The van der Waals surface area contributed by atoms with Gasteiger partial charge in [-0.25, -0.2) is 0 Å². The van der Waals surface area contributed by atoms with Crippen molar-refractivity contribution in [3.05, 3.63) is 51.9 Å². The third-order valence-electron chi connectivity index (χ3n) is 2.12. The molecule has 2 rings (SSSR count). The molecule has 1 heterocycles. The van der Waals surface area contributed by atoms with Gasteiger partial charge < -0.3 is 10.7 Å². The number of nitrogen functional groups attached to an aromatic ring is 1. The maximum absolute atomic E-state index is 10.9. The smallest absolute Gasteiger partial charge is 0.247 e. The second kappa shape index (κ2) is 3.79. The molecule has 0 unspecified atom stereocenters. The summed E-state index contributed by atoms with van der Waals surface area (Å²) in [6.45, 7) is 0. The van der Waals surface area contributed by atoms with E-state index in [2.05, 4.69) is 4.98 Å². The lowest BCUT2D eigenvalue weighted by molar-refractivity contribution is 1.24. The van der Waals surface area contributed by atoms with Crippen molar-refractivity contribution >= 4 is 17.3 Å². The molecule has 2 aromatic rings. The monoisotopic (exact) mass is 220 g/mol. The molecule has 0 spiro atoms. The maximum atomic E-state index is 10.9. The number of halogens is 1. The number of benzene rings is 1. The van der Waals surface area contributed by atoms with E-state index < -0.39 is 0 Å². The van der Waals surface area contributed by atoms with Crippen molar-refractivity contribution in [3.63, 3.8) is 0 Å². The molecule has 0 bridgehead atoms. The van der Waals surface area contributed by atoms with Gasteiger partial charge in [0.05, 0.1) is 10.7 Å². The van der Waals surface area contributed by atoms with Crippen LogP contribution in [-0.2, 0) is 0 Å². The van der Waals surface area contributed by atoms with Gasteiger partial charge >= 0.3 is 0 Å². The van der Waals surface area contributed by atoms with Gasteiger partial charge in [-0.2, -0.15) is 0 Å².